The summed E-state index contributed by atoms with van der Waals surface area (Å²) in [7, 11) is 0. The second kappa shape index (κ2) is 8.99. The van der Waals surface area contributed by atoms with Crippen molar-refractivity contribution in [2.24, 2.45) is 0 Å². The molecule has 14 nitrogen and oxygen atoms in total. The van der Waals surface area contributed by atoms with Crippen molar-refractivity contribution in [3.63, 3.8) is 0 Å². The molecule has 1 aliphatic heterocycles. The Bertz CT molecular complexity index is 1580. The van der Waals surface area contributed by atoms with Crippen LogP contribution in [-0.2, 0) is 10.3 Å². The van der Waals surface area contributed by atoms with Gasteiger partial charge in [-0.2, -0.15) is 5.10 Å². The highest BCUT2D eigenvalue weighted by atomic mass is 16.5. The van der Waals surface area contributed by atoms with Crippen molar-refractivity contribution in [2.75, 3.05) is 25.4 Å². The van der Waals surface area contributed by atoms with Gasteiger partial charge in [0.05, 0.1) is 16.5 Å². The number of nitrogen functional groups attached to an aromatic ring is 1. The zero-order valence-electron chi connectivity index (χ0n) is 21.7. The van der Waals surface area contributed by atoms with Crippen LogP contribution in [0, 0.1) is 0 Å². The fourth-order valence-corrected chi connectivity index (χ4v) is 4.71. The van der Waals surface area contributed by atoms with E-state index in [0.717, 1.165) is 24.2 Å². The summed E-state index contributed by atoms with van der Waals surface area (Å²) in [6.45, 7) is 6.58. The molecular weight excluding hydrogens is 504 g/mol. The number of carbonyl (C=O) groups is 2. The third kappa shape index (κ3) is 4.41. The Morgan fingerprint density at radius 3 is 2.46 bits per heavy atom. The van der Waals surface area contributed by atoms with Gasteiger partial charge in [-0.25, -0.2) is 29.4 Å². The number of likely N-dealkylation sites (tertiary alicyclic amines) is 1. The summed E-state index contributed by atoms with van der Waals surface area (Å²) in [5.41, 5.74) is 9.09. The smallest absolute Gasteiger partial charge is 0.323 e. The molecule has 2 aliphatic rings. The van der Waals surface area contributed by atoms with Crippen molar-refractivity contribution in [3.05, 3.63) is 30.0 Å². The number of carbonyl (C=O) groups excluding carboxylic acids is 1. The van der Waals surface area contributed by atoms with Crippen molar-refractivity contribution < 1.29 is 19.2 Å². The SMILES string of the molecule is CC(C)(C)n1nc(-c2noc(C3CC3)c2-c2ncc(C3CN(C(=O)NCC(=O)O)C3)cn2)c2c(N)ncnc21. The summed E-state index contributed by atoms with van der Waals surface area (Å²) in [5, 5.41) is 21.0. The summed E-state index contributed by atoms with van der Waals surface area (Å²) < 4.78 is 7.66. The standard InChI is InChI=1S/C25H28N10O4/c1-25(2,3)35-23-17(21(26)30-11-31-23)18(32-35)19-16(20(39-33-19)12-4-5-12)22-27-6-13(7-28-22)14-9-34(10-14)24(38)29-8-15(36)37/h6-7,11-12,14H,4-5,8-10H2,1-3H3,(H,29,38)(H,36,37)(H2,26,30,31). The third-order valence-corrected chi connectivity index (χ3v) is 6.95. The van der Waals surface area contributed by atoms with Crippen LogP contribution in [0.3, 0.4) is 0 Å². The van der Waals surface area contributed by atoms with Gasteiger partial charge in [-0.1, -0.05) is 5.16 Å². The summed E-state index contributed by atoms with van der Waals surface area (Å²) in [6, 6.07) is -0.403. The van der Waals surface area contributed by atoms with Gasteiger partial charge in [0.15, 0.2) is 17.2 Å². The maximum atomic E-state index is 12.1. The van der Waals surface area contributed by atoms with E-state index in [2.05, 4.69) is 30.4 Å². The summed E-state index contributed by atoms with van der Waals surface area (Å²) >= 11 is 0. The molecule has 0 aromatic carbocycles. The van der Waals surface area contributed by atoms with Gasteiger partial charge < -0.3 is 25.6 Å². The lowest BCUT2D eigenvalue weighted by Crippen LogP contribution is -2.53. The topological polar surface area (TPSA) is 191 Å². The molecular formula is C25H28N10O4. The molecule has 0 atom stereocenters. The Labute approximate surface area is 222 Å². The highest BCUT2D eigenvalue weighted by Gasteiger charge is 2.37. The van der Waals surface area contributed by atoms with Gasteiger partial charge in [0, 0.05) is 37.3 Å². The number of aromatic nitrogens is 7. The molecule has 2 fully saturated rings. The number of nitrogens with zero attached hydrogens (tertiary/aromatic N) is 8. The van der Waals surface area contributed by atoms with Gasteiger partial charge in [0.25, 0.3) is 0 Å². The summed E-state index contributed by atoms with van der Waals surface area (Å²) in [5.74, 6) is 0.682. The van der Waals surface area contributed by atoms with Crippen molar-refractivity contribution in [3.8, 4) is 22.8 Å². The zero-order chi connectivity index (χ0) is 27.5. The first-order chi connectivity index (χ1) is 18.6. The minimum Gasteiger partial charge on any atom is -0.480 e. The number of amides is 2. The van der Waals surface area contributed by atoms with Crippen molar-refractivity contribution in [1.82, 2.24) is 45.1 Å². The number of hydrogen-bond acceptors (Lipinski definition) is 10. The molecule has 0 radical (unpaired) electrons. The van der Waals surface area contributed by atoms with E-state index in [1.807, 2.05) is 25.5 Å². The number of hydrogen-bond donors (Lipinski definition) is 3. The van der Waals surface area contributed by atoms with Crippen molar-refractivity contribution >= 4 is 28.9 Å². The molecule has 0 spiro atoms. The van der Waals surface area contributed by atoms with E-state index in [1.54, 1.807) is 17.3 Å². The van der Waals surface area contributed by atoms with Gasteiger partial charge in [0.2, 0.25) is 0 Å². The van der Waals surface area contributed by atoms with Crippen LogP contribution >= 0.6 is 0 Å². The quantitative estimate of drug-likeness (QED) is 0.330. The van der Waals surface area contributed by atoms with Crippen molar-refractivity contribution in [2.45, 2.75) is 51.0 Å². The number of carboxylic acids is 1. The van der Waals surface area contributed by atoms with Crippen molar-refractivity contribution in [1.29, 1.82) is 0 Å². The second-order valence-electron chi connectivity index (χ2n) is 10.9. The van der Waals surface area contributed by atoms with E-state index < -0.39 is 18.5 Å². The number of aliphatic carboxylic acids is 1. The fourth-order valence-electron chi connectivity index (χ4n) is 4.71. The number of nitrogens with one attached hydrogen (secondary N) is 1. The molecule has 0 bridgehead atoms. The first kappa shape index (κ1) is 24.7. The average Bonchev–Trinajstić information content (AvgIpc) is 3.47. The zero-order valence-corrected chi connectivity index (χ0v) is 21.7. The van der Waals surface area contributed by atoms with Gasteiger partial charge in [-0.15, -0.1) is 0 Å². The van der Waals surface area contributed by atoms with Gasteiger partial charge in [0.1, 0.15) is 30.1 Å². The molecule has 4 aromatic heterocycles. The molecule has 39 heavy (non-hydrogen) atoms. The first-order valence-electron chi connectivity index (χ1n) is 12.7. The van der Waals surface area contributed by atoms with E-state index in [9.17, 15) is 9.59 Å². The summed E-state index contributed by atoms with van der Waals surface area (Å²) in [4.78, 5) is 42.3. The lowest BCUT2D eigenvalue weighted by molar-refractivity contribution is -0.135. The van der Waals surface area contributed by atoms with Crippen LogP contribution in [0.1, 0.15) is 56.8 Å². The molecule has 1 saturated carbocycles. The Morgan fingerprint density at radius 1 is 1.10 bits per heavy atom. The lowest BCUT2D eigenvalue weighted by atomic mass is 9.94. The Morgan fingerprint density at radius 2 is 1.82 bits per heavy atom. The minimum absolute atomic E-state index is 0.0582. The van der Waals surface area contributed by atoms with E-state index in [4.69, 9.17) is 20.5 Å². The third-order valence-electron chi connectivity index (χ3n) is 6.95. The van der Waals surface area contributed by atoms with Crippen LogP contribution in [-0.4, -0.2) is 76.5 Å². The molecule has 4 aromatic rings. The number of nitrogens with two attached hydrogens (primary N) is 1. The van der Waals surface area contributed by atoms with Crippen LogP contribution < -0.4 is 11.1 Å². The lowest BCUT2D eigenvalue weighted by Gasteiger charge is -2.38. The fraction of sp³-hybridized carbons (Fsp3) is 0.440. The van der Waals surface area contributed by atoms with Crippen LogP contribution in [0.25, 0.3) is 33.8 Å². The minimum atomic E-state index is -1.09. The van der Waals surface area contributed by atoms with E-state index in [0.29, 0.717) is 52.7 Å². The molecule has 4 N–H and O–H groups in total. The van der Waals surface area contributed by atoms with Crippen LogP contribution in [0.2, 0.25) is 0 Å². The number of carboxylic acid groups (broad SMARTS) is 1. The number of urea groups is 1. The molecule has 1 aliphatic carbocycles. The Balaban J connectivity index is 1.33. The van der Waals surface area contributed by atoms with E-state index in [-0.39, 0.29) is 17.4 Å². The Hall–Kier alpha value is -4.62. The molecule has 1 saturated heterocycles. The monoisotopic (exact) mass is 532 g/mol. The number of anilines is 1. The van der Waals surface area contributed by atoms with Gasteiger partial charge >= 0.3 is 12.0 Å². The average molecular weight is 533 g/mol. The number of fused-ring (bicyclic) bond motifs is 1. The van der Waals surface area contributed by atoms with Crippen LogP contribution in [0.5, 0.6) is 0 Å². The normalized spacial score (nSPS) is 15.9. The number of rotatable bonds is 6. The first-order valence-corrected chi connectivity index (χ1v) is 12.7. The van der Waals surface area contributed by atoms with Gasteiger partial charge in [-0.05, 0) is 39.2 Å². The highest BCUT2D eigenvalue weighted by molar-refractivity contribution is 6.00. The predicted octanol–water partition coefficient (Wildman–Crippen LogP) is 2.35. The largest absolute Gasteiger partial charge is 0.480 e. The molecule has 6 rings (SSSR count). The molecule has 0 unspecified atom stereocenters. The second-order valence-corrected chi connectivity index (χ2v) is 10.9. The van der Waals surface area contributed by atoms with Gasteiger partial charge in [-0.3, -0.25) is 4.79 Å². The molecule has 5 heterocycles. The molecule has 2 amide bonds. The summed E-state index contributed by atoms with van der Waals surface area (Å²) in [6.07, 6.45) is 6.89. The molecule has 202 valence electrons. The predicted molar refractivity (Wildman–Crippen MR) is 139 cm³/mol. The van der Waals surface area contributed by atoms with E-state index >= 15 is 0 Å². The van der Waals surface area contributed by atoms with E-state index in [1.165, 1.54) is 6.33 Å². The highest BCUT2D eigenvalue weighted by Crippen LogP contribution is 2.48. The maximum absolute atomic E-state index is 12.1. The maximum Gasteiger partial charge on any atom is 0.323 e. The Kier molecular flexibility index (Phi) is 5.70. The van der Waals surface area contributed by atoms with Crippen LogP contribution in [0.15, 0.2) is 23.2 Å². The molecule has 14 heteroatoms. The van der Waals surface area contributed by atoms with Crippen LogP contribution in [0.4, 0.5) is 10.6 Å².